The van der Waals surface area contributed by atoms with Gasteiger partial charge in [-0.2, -0.15) is 0 Å². The minimum Gasteiger partial charge on any atom is -0.391 e. The van der Waals surface area contributed by atoms with E-state index >= 15 is 0 Å². The number of anilines is 2. The van der Waals surface area contributed by atoms with Gasteiger partial charge in [0.25, 0.3) is 0 Å². The van der Waals surface area contributed by atoms with Crippen LogP contribution in [0.5, 0.6) is 0 Å². The molecular formula is C11H17F2N3O. The van der Waals surface area contributed by atoms with Gasteiger partial charge in [-0.25, -0.2) is 13.8 Å². The van der Waals surface area contributed by atoms with E-state index in [1.165, 1.54) is 7.05 Å². The predicted octanol–water partition coefficient (Wildman–Crippen LogP) is 1.97. The van der Waals surface area contributed by atoms with E-state index in [0.29, 0.717) is 0 Å². The van der Waals surface area contributed by atoms with Crippen molar-refractivity contribution >= 4 is 11.6 Å². The third kappa shape index (κ3) is 3.03. The molecular weight excluding hydrogens is 228 g/mol. The molecule has 0 saturated heterocycles. The zero-order chi connectivity index (χ0) is 13.2. The van der Waals surface area contributed by atoms with Crippen LogP contribution in [0.1, 0.15) is 20.8 Å². The Hall–Kier alpha value is -1.43. The quantitative estimate of drug-likeness (QED) is 0.759. The van der Waals surface area contributed by atoms with E-state index in [2.05, 4.69) is 15.6 Å². The first-order valence-electron chi connectivity index (χ1n) is 5.28. The maximum atomic E-state index is 13.5. The van der Waals surface area contributed by atoms with Gasteiger partial charge in [-0.1, -0.05) is 0 Å². The molecule has 4 nitrogen and oxygen atoms in total. The Labute approximate surface area is 99.1 Å². The van der Waals surface area contributed by atoms with Crippen molar-refractivity contribution in [3.63, 3.8) is 0 Å². The Bertz CT molecular complexity index is 408. The van der Waals surface area contributed by atoms with E-state index in [-0.39, 0.29) is 11.6 Å². The zero-order valence-corrected chi connectivity index (χ0v) is 10.3. The van der Waals surface area contributed by atoms with E-state index in [0.717, 1.165) is 6.07 Å². The third-order valence-corrected chi connectivity index (χ3v) is 2.65. The lowest BCUT2D eigenvalue weighted by Gasteiger charge is -2.30. The second-order valence-corrected chi connectivity index (χ2v) is 4.42. The lowest BCUT2D eigenvalue weighted by molar-refractivity contribution is 0.132. The molecule has 0 aliphatic rings. The molecule has 1 rings (SSSR count). The van der Waals surface area contributed by atoms with Crippen molar-refractivity contribution in [1.82, 2.24) is 4.98 Å². The fourth-order valence-electron chi connectivity index (χ4n) is 1.14. The smallest absolute Gasteiger partial charge is 0.168 e. The number of aliphatic hydroxyl groups excluding tert-OH is 1. The van der Waals surface area contributed by atoms with Crippen molar-refractivity contribution in [3.8, 4) is 0 Å². The first kappa shape index (κ1) is 13.6. The number of hydrogen-bond donors (Lipinski definition) is 3. The Morgan fingerprint density at radius 2 is 1.82 bits per heavy atom. The van der Waals surface area contributed by atoms with Crippen LogP contribution in [-0.2, 0) is 0 Å². The number of aromatic nitrogens is 1. The number of nitrogens with zero attached hydrogens (tertiary/aromatic N) is 1. The molecule has 0 fully saturated rings. The average Bonchev–Trinajstić information content (AvgIpc) is 2.21. The first-order chi connectivity index (χ1) is 7.77. The van der Waals surface area contributed by atoms with Crippen LogP contribution in [0, 0.1) is 11.6 Å². The highest BCUT2D eigenvalue weighted by atomic mass is 19.1. The molecule has 1 atom stereocenters. The molecule has 96 valence electrons. The van der Waals surface area contributed by atoms with E-state index in [1.54, 1.807) is 20.8 Å². The van der Waals surface area contributed by atoms with Crippen LogP contribution in [0.15, 0.2) is 6.07 Å². The van der Waals surface area contributed by atoms with Crippen LogP contribution in [0.25, 0.3) is 0 Å². The van der Waals surface area contributed by atoms with Gasteiger partial charge >= 0.3 is 0 Å². The summed E-state index contributed by atoms with van der Waals surface area (Å²) in [7, 11) is 1.49. The van der Waals surface area contributed by atoms with Crippen LogP contribution in [0.4, 0.5) is 20.4 Å². The van der Waals surface area contributed by atoms with Crippen LogP contribution in [-0.4, -0.2) is 28.8 Å². The number of hydrogen-bond acceptors (Lipinski definition) is 4. The van der Waals surface area contributed by atoms with Gasteiger partial charge in [0.2, 0.25) is 0 Å². The van der Waals surface area contributed by atoms with Crippen molar-refractivity contribution in [2.24, 2.45) is 0 Å². The van der Waals surface area contributed by atoms with Crippen molar-refractivity contribution in [3.05, 3.63) is 17.7 Å². The highest BCUT2D eigenvalue weighted by Gasteiger charge is 2.26. The number of rotatable bonds is 4. The lowest BCUT2D eigenvalue weighted by atomic mass is 9.99. The van der Waals surface area contributed by atoms with Crippen molar-refractivity contribution in [1.29, 1.82) is 0 Å². The minimum atomic E-state index is -0.796. The van der Waals surface area contributed by atoms with Gasteiger partial charge in [0.15, 0.2) is 23.3 Å². The SMILES string of the molecule is CNc1nc(NC(C)(C)C(C)O)c(F)cc1F. The van der Waals surface area contributed by atoms with E-state index in [9.17, 15) is 13.9 Å². The topological polar surface area (TPSA) is 57.2 Å². The van der Waals surface area contributed by atoms with Crippen LogP contribution >= 0.6 is 0 Å². The van der Waals surface area contributed by atoms with Gasteiger partial charge in [-0.3, -0.25) is 0 Å². The Morgan fingerprint density at radius 1 is 1.29 bits per heavy atom. The van der Waals surface area contributed by atoms with Crippen molar-refractivity contribution < 1.29 is 13.9 Å². The summed E-state index contributed by atoms with van der Waals surface area (Å²) in [5.41, 5.74) is -0.767. The first-order valence-corrected chi connectivity index (χ1v) is 5.28. The summed E-state index contributed by atoms with van der Waals surface area (Å²) in [4.78, 5) is 3.77. The summed E-state index contributed by atoms with van der Waals surface area (Å²) >= 11 is 0. The molecule has 17 heavy (non-hydrogen) atoms. The van der Waals surface area contributed by atoms with E-state index < -0.39 is 23.3 Å². The van der Waals surface area contributed by atoms with Gasteiger partial charge in [0.1, 0.15) is 0 Å². The highest BCUT2D eigenvalue weighted by Crippen LogP contribution is 2.23. The summed E-state index contributed by atoms with van der Waals surface area (Å²) in [6.45, 7) is 4.97. The van der Waals surface area contributed by atoms with E-state index in [4.69, 9.17) is 0 Å². The van der Waals surface area contributed by atoms with Gasteiger partial charge < -0.3 is 15.7 Å². The summed E-state index contributed by atoms with van der Waals surface area (Å²) in [6, 6.07) is 0.749. The summed E-state index contributed by atoms with van der Waals surface area (Å²) in [6.07, 6.45) is -0.716. The fraction of sp³-hybridized carbons (Fsp3) is 0.545. The molecule has 3 N–H and O–H groups in total. The monoisotopic (exact) mass is 245 g/mol. The molecule has 1 aromatic heterocycles. The van der Waals surface area contributed by atoms with Crippen LogP contribution in [0.2, 0.25) is 0 Å². The maximum absolute atomic E-state index is 13.5. The molecule has 0 radical (unpaired) electrons. The molecule has 0 saturated carbocycles. The molecule has 1 aromatic rings. The second kappa shape index (κ2) is 4.83. The summed E-state index contributed by atoms with van der Waals surface area (Å²) < 4.78 is 26.7. The Kier molecular flexibility index (Phi) is 3.87. The summed E-state index contributed by atoms with van der Waals surface area (Å²) in [5.74, 6) is -1.70. The van der Waals surface area contributed by atoms with E-state index in [1.807, 2.05) is 0 Å². The largest absolute Gasteiger partial charge is 0.391 e. The van der Waals surface area contributed by atoms with Gasteiger partial charge in [0, 0.05) is 13.1 Å². The zero-order valence-electron chi connectivity index (χ0n) is 10.3. The molecule has 6 heteroatoms. The van der Waals surface area contributed by atoms with Gasteiger partial charge in [-0.05, 0) is 20.8 Å². The molecule has 0 aliphatic heterocycles. The second-order valence-electron chi connectivity index (χ2n) is 4.42. The third-order valence-electron chi connectivity index (χ3n) is 2.65. The van der Waals surface area contributed by atoms with Gasteiger partial charge in [-0.15, -0.1) is 0 Å². The van der Waals surface area contributed by atoms with Gasteiger partial charge in [0.05, 0.1) is 11.6 Å². The molecule has 1 unspecified atom stereocenters. The number of aliphatic hydroxyl groups is 1. The maximum Gasteiger partial charge on any atom is 0.168 e. The Morgan fingerprint density at radius 3 is 2.29 bits per heavy atom. The molecule has 0 spiro atoms. The number of halogens is 2. The Balaban J connectivity index is 3.07. The van der Waals surface area contributed by atoms with Crippen molar-refractivity contribution in [2.45, 2.75) is 32.4 Å². The number of nitrogens with one attached hydrogen (secondary N) is 2. The molecule has 0 aromatic carbocycles. The molecule has 1 heterocycles. The molecule has 0 bridgehead atoms. The summed E-state index contributed by atoms with van der Waals surface area (Å²) in [5, 5.41) is 14.8. The van der Waals surface area contributed by atoms with Crippen LogP contribution in [0.3, 0.4) is 0 Å². The predicted molar refractivity (Wildman–Crippen MR) is 63.1 cm³/mol. The fourth-order valence-corrected chi connectivity index (χ4v) is 1.14. The number of pyridine rings is 1. The minimum absolute atomic E-state index is 0.0460. The molecule has 0 aliphatic carbocycles. The lowest BCUT2D eigenvalue weighted by Crippen LogP contribution is -2.42. The highest BCUT2D eigenvalue weighted by molar-refractivity contribution is 5.48. The average molecular weight is 245 g/mol. The molecule has 0 amide bonds. The standard InChI is InChI=1S/C11H17F2N3O/c1-6(17)11(2,3)16-10-8(13)5-7(12)9(14-4)15-10/h5-6,17H,1-4H3,(H2,14,15,16). The van der Waals surface area contributed by atoms with Crippen molar-refractivity contribution in [2.75, 3.05) is 17.7 Å². The van der Waals surface area contributed by atoms with Crippen LogP contribution < -0.4 is 10.6 Å². The normalized spacial score (nSPS) is 13.4.